The van der Waals surface area contributed by atoms with Crippen molar-refractivity contribution < 1.29 is 9.59 Å². The van der Waals surface area contributed by atoms with Gasteiger partial charge in [-0.05, 0) is 24.6 Å². The topological polar surface area (TPSA) is 75.4 Å². The number of carbonyl (C=O) groups is 2. The molecule has 0 saturated carbocycles. The molecule has 0 aliphatic carbocycles. The fraction of sp³-hybridized carbons (Fsp3) is 0.467. The Morgan fingerprint density at radius 2 is 2.05 bits per heavy atom. The van der Waals surface area contributed by atoms with Crippen LogP contribution in [0.1, 0.15) is 36.5 Å². The van der Waals surface area contributed by atoms with Crippen molar-refractivity contribution in [3.05, 3.63) is 28.8 Å². The first-order chi connectivity index (χ1) is 9.85. The highest BCUT2D eigenvalue weighted by Gasteiger charge is 2.16. The van der Waals surface area contributed by atoms with E-state index in [1.807, 2.05) is 6.92 Å². The smallest absolute Gasteiger partial charge is 0.255 e. The zero-order valence-corrected chi connectivity index (χ0v) is 13.4. The third-order valence-electron chi connectivity index (χ3n) is 3.00. The molecule has 1 unspecified atom stereocenters. The van der Waals surface area contributed by atoms with Crippen LogP contribution in [0.15, 0.2) is 18.2 Å². The van der Waals surface area contributed by atoms with Crippen molar-refractivity contribution >= 4 is 29.1 Å². The monoisotopic (exact) mass is 311 g/mol. The van der Waals surface area contributed by atoms with Crippen molar-refractivity contribution in [1.82, 2.24) is 4.90 Å². The Hall–Kier alpha value is -1.59. The Bertz CT molecular complexity index is 518. The first kappa shape index (κ1) is 17.5. The van der Waals surface area contributed by atoms with Crippen LogP contribution in [0.3, 0.4) is 0 Å². The molecule has 3 N–H and O–H groups in total. The summed E-state index contributed by atoms with van der Waals surface area (Å²) < 4.78 is 0. The summed E-state index contributed by atoms with van der Waals surface area (Å²) in [4.78, 5) is 25.5. The molecule has 116 valence electrons. The highest BCUT2D eigenvalue weighted by atomic mass is 35.5. The number of halogens is 1. The SMILES string of the molecule is CCCC(N)CC(=O)Nc1cc(Cl)ccc1C(=O)N(C)C. The molecule has 0 aliphatic rings. The highest BCUT2D eigenvalue weighted by Crippen LogP contribution is 2.22. The lowest BCUT2D eigenvalue weighted by Gasteiger charge is -2.16. The number of rotatable bonds is 6. The highest BCUT2D eigenvalue weighted by molar-refractivity contribution is 6.31. The van der Waals surface area contributed by atoms with Crippen LogP contribution in [0.4, 0.5) is 5.69 Å². The van der Waals surface area contributed by atoms with E-state index in [0.717, 1.165) is 12.8 Å². The van der Waals surface area contributed by atoms with Gasteiger partial charge in [-0.15, -0.1) is 0 Å². The van der Waals surface area contributed by atoms with Gasteiger partial charge in [-0.25, -0.2) is 0 Å². The van der Waals surface area contributed by atoms with Gasteiger partial charge in [-0.2, -0.15) is 0 Å². The van der Waals surface area contributed by atoms with E-state index in [1.165, 1.54) is 4.90 Å². The summed E-state index contributed by atoms with van der Waals surface area (Å²) in [5.41, 5.74) is 6.67. The lowest BCUT2D eigenvalue weighted by atomic mass is 10.1. The zero-order valence-electron chi connectivity index (χ0n) is 12.6. The standard InChI is InChI=1S/C15H22ClN3O2/c1-4-5-11(17)9-14(20)18-13-8-10(16)6-7-12(13)15(21)19(2)3/h6-8,11H,4-5,9,17H2,1-3H3,(H,18,20). The van der Waals surface area contributed by atoms with Crippen LogP contribution in [-0.4, -0.2) is 36.9 Å². The summed E-state index contributed by atoms with van der Waals surface area (Å²) >= 11 is 5.94. The zero-order chi connectivity index (χ0) is 16.0. The van der Waals surface area contributed by atoms with Crippen LogP contribution < -0.4 is 11.1 Å². The molecular weight excluding hydrogens is 290 g/mol. The number of benzene rings is 1. The van der Waals surface area contributed by atoms with E-state index >= 15 is 0 Å². The Balaban J connectivity index is 2.89. The van der Waals surface area contributed by atoms with Gasteiger partial charge < -0.3 is 16.0 Å². The van der Waals surface area contributed by atoms with E-state index < -0.39 is 0 Å². The number of amides is 2. The fourth-order valence-electron chi connectivity index (χ4n) is 1.96. The molecule has 2 amide bonds. The van der Waals surface area contributed by atoms with Crippen molar-refractivity contribution in [2.24, 2.45) is 5.73 Å². The minimum absolute atomic E-state index is 0.179. The summed E-state index contributed by atoms with van der Waals surface area (Å²) in [5, 5.41) is 3.18. The van der Waals surface area contributed by atoms with Crippen LogP contribution in [0.5, 0.6) is 0 Å². The molecule has 0 aliphatic heterocycles. The molecule has 1 atom stereocenters. The fourth-order valence-corrected chi connectivity index (χ4v) is 2.13. The Labute approximate surface area is 130 Å². The summed E-state index contributed by atoms with van der Waals surface area (Å²) in [7, 11) is 3.30. The van der Waals surface area contributed by atoms with Crippen molar-refractivity contribution in [2.75, 3.05) is 19.4 Å². The van der Waals surface area contributed by atoms with E-state index in [9.17, 15) is 9.59 Å². The van der Waals surface area contributed by atoms with E-state index in [0.29, 0.717) is 16.3 Å². The molecule has 5 nitrogen and oxygen atoms in total. The maximum absolute atomic E-state index is 12.1. The van der Waals surface area contributed by atoms with Gasteiger partial charge >= 0.3 is 0 Å². The third kappa shape index (κ3) is 5.36. The number of nitrogens with one attached hydrogen (secondary N) is 1. The number of anilines is 1. The van der Waals surface area contributed by atoms with Gasteiger partial charge in [-0.1, -0.05) is 24.9 Å². The lowest BCUT2D eigenvalue weighted by Crippen LogP contribution is -2.28. The summed E-state index contributed by atoms with van der Waals surface area (Å²) in [6, 6.07) is 4.62. The van der Waals surface area contributed by atoms with Crippen molar-refractivity contribution in [3.8, 4) is 0 Å². The van der Waals surface area contributed by atoms with Gasteiger partial charge in [0.15, 0.2) is 0 Å². The van der Waals surface area contributed by atoms with E-state index in [2.05, 4.69) is 5.32 Å². The summed E-state index contributed by atoms with van der Waals surface area (Å²) in [6.45, 7) is 2.02. The second-order valence-corrected chi connectivity index (χ2v) is 5.63. The molecule has 1 rings (SSSR count). The lowest BCUT2D eigenvalue weighted by molar-refractivity contribution is -0.116. The molecule has 21 heavy (non-hydrogen) atoms. The molecule has 0 aromatic heterocycles. The minimum atomic E-state index is -0.217. The van der Waals surface area contributed by atoms with Crippen LogP contribution >= 0.6 is 11.6 Å². The summed E-state index contributed by atoms with van der Waals surface area (Å²) in [5.74, 6) is -0.411. The van der Waals surface area contributed by atoms with E-state index in [1.54, 1.807) is 32.3 Å². The third-order valence-corrected chi connectivity index (χ3v) is 3.23. The van der Waals surface area contributed by atoms with Crippen molar-refractivity contribution in [2.45, 2.75) is 32.2 Å². The number of carbonyl (C=O) groups excluding carboxylic acids is 2. The average Bonchev–Trinajstić information content (AvgIpc) is 2.38. The van der Waals surface area contributed by atoms with Crippen LogP contribution in [-0.2, 0) is 4.79 Å². The molecule has 6 heteroatoms. The predicted octanol–water partition coefficient (Wildman–Crippen LogP) is 2.50. The number of hydrogen-bond acceptors (Lipinski definition) is 3. The van der Waals surface area contributed by atoms with Crippen molar-refractivity contribution in [3.63, 3.8) is 0 Å². The molecule has 0 radical (unpaired) electrons. The Kier molecular flexibility index (Phi) is 6.65. The van der Waals surface area contributed by atoms with Gasteiger partial charge in [0.2, 0.25) is 5.91 Å². The van der Waals surface area contributed by atoms with Crippen LogP contribution in [0.25, 0.3) is 0 Å². The average molecular weight is 312 g/mol. The van der Waals surface area contributed by atoms with Crippen LogP contribution in [0, 0.1) is 0 Å². The second kappa shape index (κ2) is 8.00. The largest absolute Gasteiger partial charge is 0.345 e. The van der Waals surface area contributed by atoms with Gasteiger partial charge in [0.05, 0.1) is 11.3 Å². The molecule has 0 fully saturated rings. The number of hydrogen-bond donors (Lipinski definition) is 2. The number of nitrogens with two attached hydrogens (primary N) is 1. The molecular formula is C15H22ClN3O2. The van der Waals surface area contributed by atoms with Crippen molar-refractivity contribution in [1.29, 1.82) is 0 Å². The van der Waals surface area contributed by atoms with Gasteiger partial charge in [0.1, 0.15) is 0 Å². The second-order valence-electron chi connectivity index (χ2n) is 5.19. The van der Waals surface area contributed by atoms with Crippen LogP contribution in [0.2, 0.25) is 5.02 Å². The Morgan fingerprint density at radius 1 is 1.38 bits per heavy atom. The van der Waals surface area contributed by atoms with E-state index in [4.69, 9.17) is 17.3 Å². The maximum atomic E-state index is 12.1. The summed E-state index contributed by atoms with van der Waals surface area (Å²) in [6.07, 6.45) is 1.93. The van der Waals surface area contributed by atoms with Gasteiger partial charge in [-0.3, -0.25) is 9.59 Å². The predicted molar refractivity (Wildman–Crippen MR) is 85.6 cm³/mol. The Morgan fingerprint density at radius 3 is 2.62 bits per heavy atom. The van der Waals surface area contributed by atoms with Gasteiger partial charge in [0.25, 0.3) is 5.91 Å². The molecule has 1 aromatic carbocycles. The maximum Gasteiger partial charge on any atom is 0.255 e. The molecule has 0 bridgehead atoms. The number of nitrogens with zero attached hydrogens (tertiary/aromatic N) is 1. The normalized spacial score (nSPS) is 11.9. The molecule has 0 spiro atoms. The minimum Gasteiger partial charge on any atom is -0.345 e. The first-order valence-corrected chi connectivity index (χ1v) is 7.29. The molecule has 0 saturated heterocycles. The first-order valence-electron chi connectivity index (χ1n) is 6.91. The molecule has 0 heterocycles. The van der Waals surface area contributed by atoms with E-state index in [-0.39, 0.29) is 24.3 Å². The quantitative estimate of drug-likeness (QED) is 0.847. The van der Waals surface area contributed by atoms with Gasteiger partial charge in [0, 0.05) is 31.6 Å². The molecule has 1 aromatic rings.